The molecule has 0 spiro atoms. The van der Waals surface area contributed by atoms with E-state index < -0.39 is 11.6 Å². The van der Waals surface area contributed by atoms with E-state index in [0.29, 0.717) is 22.3 Å². The Bertz CT molecular complexity index is 1840. The SMILES string of the molecule is CC(C)(C)O.Cc1cc2nc(-c3ccnc(-c4cnc5c(c4)OCC(=O)N5)c3)sc2c(-c2ccc(Cl)cc2)c1CC(=O)O. The van der Waals surface area contributed by atoms with Gasteiger partial charge in [-0.2, -0.15) is 0 Å². The van der Waals surface area contributed by atoms with Crippen LogP contribution >= 0.6 is 22.9 Å². The number of anilines is 1. The first-order chi connectivity index (χ1) is 20.4. The zero-order valence-electron chi connectivity index (χ0n) is 23.9. The predicted octanol–water partition coefficient (Wildman–Crippen LogP) is 6.78. The molecule has 0 bridgehead atoms. The molecule has 0 atom stereocenters. The average Bonchev–Trinajstić information content (AvgIpc) is 3.36. The third-order valence-electron chi connectivity index (χ3n) is 6.24. The van der Waals surface area contributed by atoms with Crippen LogP contribution in [0, 0.1) is 6.92 Å². The van der Waals surface area contributed by atoms with Crippen LogP contribution in [0.1, 0.15) is 31.9 Å². The van der Waals surface area contributed by atoms with Crippen molar-refractivity contribution >= 4 is 50.8 Å². The summed E-state index contributed by atoms with van der Waals surface area (Å²) < 4.78 is 6.41. The number of hydrogen-bond acceptors (Lipinski definition) is 8. The van der Waals surface area contributed by atoms with Crippen LogP contribution in [0.3, 0.4) is 0 Å². The number of hydrogen-bond donors (Lipinski definition) is 3. The molecule has 0 saturated carbocycles. The van der Waals surface area contributed by atoms with Crippen LogP contribution < -0.4 is 10.1 Å². The van der Waals surface area contributed by atoms with Gasteiger partial charge in [-0.05, 0) is 80.8 Å². The van der Waals surface area contributed by atoms with E-state index >= 15 is 0 Å². The van der Waals surface area contributed by atoms with E-state index in [4.69, 9.17) is 26.4 Å². The first-order valence-electron chi connectivity index (χ1n) is 13.4. The van der Waals surface area contributed by atoms with Gasteiger partial charge in [0.15, 0.2) is 18.2 Å². The summed E-state index contributed by atoms with van der Waals surface area (Å²) >= 11 is 7.63. The summed E-state index contributed by atoms with van der Waals surface area (Å²) in [5.74, 6) is -0.264. The molecule has 11 heteroatoms. The number of carbonyl (C=O) groups excluding carboxylic acids is 1. The number of amides is 1. The van der Waals surface area contributed by atoms with Gasteiger partial charge in [-0.3, -0.25) is 14.6 Å². The molecule has 3 N–H and O–H groups in total. The lowest BCUT2D eigenvalue weighted by Crippen LogP contribution is -2.26. The molecule has 0 aliphatic carbocycles. The summed E-state index contributed by atoms with van der Waals surface area (Å²) in [6, 6.07) is 15.0. The number of aryl methyl sites for hydroxylation is 1. The van der Waals surface area contributed by atoms with Gasteiger partial charge in [0.05, 0.1) is 27.9 Å². The second-order valence-corrected chi connectivity index (χ2v) is 12.4. The van der Waals surface area contributed by atoms with Gasteiger partial charge >= 0.3 is 5.97 Å². The number of halogens is 1. The van der Waals surface area contributed by atoms with Crippen molar-refractivity contribution in [2.24, 2.45) is 0 Å². The number of pyridine rings is 2. The Morgan fingerprint density at radius 1 is 1.07 bits per heavy atom. The van der Waals surface area contributed by atoms with E-state index in [1.54, 1.807) is 51.4 Å². The molecule has 43 heavy (non-hydrogen) atoms. The van der Waals surface area contributed by atoms with Crippen molar-refractivity contribution in [2.45, 2.75) is 39.7 Å². The van der Waals surface area contributed by atoms with Gasteiger partial charge in [-0.25, -0.2) is 9.97 Å². The molecule has 1 amide bonds. The molecule has 6 rings (SSSR count). The van der Waals surface area contributed by atoms with Crippen molar-refractivity contribution in [2.75, 3.05) is 11.9 Å². The fourth-order valence-corrected chi connectivity index (χ4v) is 5.74. The fourth-order valence-electron chi connectivity index (χ4n) is 4.48. The minimum Gasteiger partial charge on any atom is -0.481 e. The lowest BCUT2D eigenvalue weighted by molar-refractivity contribution is -0.136. The Hall–Kier alpha value is -4.38. The van der Waals surface area contributed by atoms with E-state index in [0.717, 1.165) is 48.6 Å². The highest BCUT2D eigenvalue weighted by molar-refractivity contribution is 7.22. The molecule has 3 aromatic heterocycles. The number of ether oxygens (including phenoxy) is 1. The molecule has 0 unspecified atom stereocenters. The molecule has 1 aliphatic rings. The third kappa shape index (κ3) is 7.16. The van der Waals surface area contributed by atoms with E-state index in [2.05, 4.69) is 15.3 Å². The number of carbonyl (C=O) groups is 2. The van der Waals surface area contributed by atoms with Crippen LogP contribution in [0.15, 0.2) is 60.9 Å². The van der Waals surface area contributed by atoms with Gasteiger partial charge in [0.25, 0.3) is 5.91 Å². The van der Waals surface area contributed by atoms with Crippen LogP contribution in [0.25, 0.3) is 43.2 Å². The Labute approximate surface area is 257 Å². The smallest absolute Gasteiger partial charge is 0.307 e. The van der Waals surface area contributed by atoms with E-state index in [9.17, 15) is 14.7 Å². The number of fused-ring (bicyclic) bond motifs is 2. The maximum atomic E-state index is 11.7. The molecule has 4 heterocycles. The fraction of sp³-hybridized carbons (Fsp3) is 0.219. The molecule has 1 aliphatic heterocycles. The summed E-state index contributed by atoms with van der Waals surface area (Å²) in [7, 11) is 0. The zero-order chi connectivity index (χ0) is 30.9. The topological polar surface area (TPSA) is 135 Å². The number of carboxylic acids is 1. The van der Waals surface area contributed by atoms with E-state index in [-0.39, 0.29) is 18.9 Å². The second kappa shape index (κ2) is 12.1. The van der Waals surface area contributed by atoms with Crippen molar-refractivity contribution in [3.63, 3.8) is 0 Å². The third-order valence-corrected chi connectivity index (χ3v) is 7.63. The van der Waals surface area contributed by atoms with Crippen molar-refractivity contribution in [3.05, 3.63) is 77.1 Å². The Balaban J connectivity index is 0.000000682. The number of nitrogens with one attached hydrogen (secondary N) is 1. The Morgan fingerprint density at radius 3 is 2.49 bits per heavy atom. The lowest BCUT2D eigenvalue weighted by atomic mass is 9.93. The number of aliphatic carboxylic acids is 1. The number of thiazole rings is 1. The molecule has 2 aromatic carbocycles. The monoisotopic (exact) mass is 616 g/mol. The van der Waals surface area contributed by atoms with Crippen molar-refractivity contribution < 1.29 is 24.5 Å². The number of rotatable bonds is 5. The van der Waals surface area contributed by atoms with Gasteiger partial charge in [0.2, 0.25) is 0 Å². The van der Waals surface area contributed by atoms with Crippen molar-refractivity contribution in [3.8, 4) is 38.7 Å². The molecule has 0 fully saturated rings. The lowest BCUT2D eigenvalue weighted by Gasteiger charge is -2.17. The van der Waals surface area contributed by atoms with Crippen LogP contribution in [-0.4, -0.2) is 49.2 Å². The average molecular weight is 617 g/mol. The van der Waals surface area contributed by atoms with Gasteiger partial charge in [-0.15, -0.1) is 11.3 Å². The highest BCUT2D eigenvalue weighted by Crippen LogP contribution is 2.41. The zero-order valence-corrected chi connectivity index (χ0v) is 25.5. The predicted molar refractivity (Wildman–Crippen MR) is 169 cm³/mol. The van der Waals surface area contributed by atoms with Crippen LogP contribution in [0.2, 0.25) is 5.02 Å². The summed E-state index contributed by atoms with van der Waals surface area (Å²) in [6.07, 6.45) is 3.25. The Kier molecular flexibility index (Phi) is 8.45. The minimum absolute atomic E-state index is 0.0590. The van der Waals surface area contributed by atoms with Crippen LogP contribution in [-0.2, 0) is 16.0 Å². The summed E-state index contributed by atoms with van der Waals surface area (Å²) in [4.78, 5) is 37.0. The first kappa shape index (κ1) is 30.1. The maximum Gasteiger partial charge on any atom is 0.307 e. The van der Waals surface area contributed by atoms with Crippen molar-refractivity contribution in [1.29, 1.82) is 0 Å². The molecule has 0 saturated heterocycles. The molecule has 220 valence electrons. The molecule has 5 aromatic rings. The first-order valence-corrected chi connectivity index (χ1v) is 14.6. The second-order valence-electron chi connectivity index (χ2n) is 11.0. The summed E-state index contributed by atoms with van der Waals surface area (Å²) in [5, 5.41) is 22.2. The maximum absolute atomic E-state index is 11.7. The number of aliphatic hydroxyl groups is 1. The van der Waals surface area contributed by atoms with Crippen molar-refractivity contribution in [1.82, 2.24) is 15.0 Å². The van der Waals surface area contributed by atoms with E-state index in [1.807, 2.05) is 37.3 Å². The molecule has 0 radical (unpaired) electrons. The largest absolute Gasteiger partial charge is 0.481 e. The van der Waals surface area contributed by atoms with Gasteiger partial charge in [-0.1, -0.05) is 23.7 Å². The van der Waals surface area contributed by atoms with Gasteiger partial charge in [0, 0.05) is 34.1 Å². The number of benzene rings is 2. The van der Waals surface area contributed by atoms with E-state index in [1.165, 1.54) is 11.3 Å². The van der Waals surface area contributed by atoms with Crippen LogP contribution in [0.4, 0.5) is 5.82 Å². The molecular weight excluding hydrogens is 588 g/mol. The molecule has 9 nitrogen and oxygen atoms in total. The van der Waals surface area contributed by atoms with Gasteiger partial charge < -0.3 is 20.3 Å². The summed E-state index contributed by atoms with van der Waals surface area (Å²) in [5.41, 5.74) is 5.94. The number of nitrogens with zero attached hydrogens (tertiary/aromatic N) is 3. The summed E-state index contributed by atoms with van der Waals surface area (Å²) in [6.45, 7) is 7.08. The Morgan fingerprint density at radius 2 is 1.79 bits per heavy atom. The number of carboxylic acid groups (broad SMARTS) is 1. The normalized spacial score (nSPS) is 12.6. The molecular formula is C32H29ClN4O5S. The van der Waals surface area contributed by atoms with Crippen LogP contribution in [0.5, 0.6) is 5.75 Å². The quantitative estimate of drug-likeness (QED) is 0.197. The highest BCUT2D eigenvalue weighted by Gasteiger charge is 2.21. The van der Waals surface area contributed by atoms with Gasteiger partial charge in [0.1, 0.15) is 5.01 Å². The number of aromatic nitrogens is 3. The minimum atomic E-state index is -0.895. The highest BCUT2D eigenvalue weighted by atomic mass is 35.5. The standard InChI is InChI=1S/C28H19ClN4O4S.C4H10O/c1-14-8-21-26(25(19(14)11-24(35)36)15-2-4-18(29)5-3-15)38-28(32-21)16-6-7-30-20(9-16)17-10-22-27(31-12-17)33-23(34)13-37-22;1-4(2,3)5/h2-10,12H,11,13H2,1H3,(H,35,36)(H,31,33,34);5H,1-3H3.